The van der Waals surface area contributed by atoms with E-state index in [1.807, 2.05) is 18.4 Å². The maximum atomic E-state index is 8.82. The number of hydrogen-bond donors (Lipinski definition) is 2. The molecular formula is C10H9BrN4OS3. The Kier molecular flexibility index (Phi) is 5.08. The molecule has 2 rings (SSSR count). The minimum Gasteiger partial charge on any atom is -0.409 e. The first-order valence-corrected chi connectivity index (χ1v) is 8.62. The van der Waals surface area contributed by atoms with Crippen LogP contribution in [0.1, 0.15) is 5.56 Å². The zero-order valence-corrected chi connectivity index (χ0v) is 13.7. The summed E-state index contributed by atoms with van der Waals surface area (Å²) >= 11 is 7.87. The van der Waals surface area contributed by atoms with Crippen LogP contribution in [0.25, 0.3) is 0 Å². The maximum Gasteiger partial charge on any atom is 0.179 e. The molecule has 1 heterocycles. The van der Waals surface area contributed by atoms with Gasteiger partial charge in [-0.05, 0) is 24.5 Å². The number of amidine groups is 1. The van der Waals surface area contributed by atoms with Gasteiger partial charge in [0.25, 0.3) is 0 Å². The Morgan fingerprint density at radius 2 is 2.16 bits per heavy atom. The minimum absolute atomic E-state index is 0.0680. The molecule has 0 bridgehead atoms. The molecule has 100 valence electrons. The van der Waals surface area contributed by atoms with E-state index in [1.165, 1.54) is 23.1 Å². The van der Waals surface area contributed by atoms with Crippen LogP contribution in [0.2, 0.25) is 0 Å². The van der Waals surface area contributed by atoms with E-state index in [0.717, 1.165) is 18.0 Å². The summed E-state index contributed by atoms with van der Waals surface area (Å²) in [4.78, 5) is 0.863. The number of nitrogens with two attached hydrogens (primary N) is 1. The summed E-state index contributed by atoms with van der Waals surface area (Å²) in [6.45, 7) is 0. The van der Waals surface area contributed by atoms with Gasteiger partial charge in [-0.15, -0.1) is 10.2 Å². The summed E-state index contributed by atoms with van der Waals surface area (Å²) in [6.07, 6.45) is 1.95. The lowest BCUT2D eigenvalue weighted by atomic mass is 10.2. The first-order chi connectivity index (χ1) is 9.13. The average molecular weight is 377 g/mol. The Labute approximate surface area is 130 Å². The highest BCUT2D eigenvalue weighted by atomic mass is 79.9. The van der Waals surface area contributed by atoms with Crippen molar-refractivity contribution in [2.45, 2.75) is 13.6 Å². The molecule has 0 atom stereocenters. The summed E-state index contributed by atoms with van der Waals surface area (Å²) < 4.78 is 2.59. The van der Waals surface area contributed by atoms with Crippen LogP contribution in [0.3, 0.4) is 0 Å². The normalized spacial score (nSPS) is 11.8. The van der Waals surface area contributed by atoms with Gasteiger partial charge in [0.15, 0.2) is 14.5 Å². The highest BCUT2D eigenvalue weighted by Crippen LogP contribution is 2.35. The van der Waals surface area contributed by atoms with E-state index in [2.05, 4.69) is 31.3 Å². The van der Waals surface area contributed by atoms with Crippen LogP contribution in [0, 0.1) is 0 Å². The third-order valence-corrected chi connectivity index (χ3v) is 5.60. The van der Waals surface area contributed by atoms with Crippen molar-refractivity contribution in [2.24, 2.45) is 10.9 Å². The molecule has 19 heavy (non-hydrogen) atoms. The van der Waals surface area contributed by atoms with E-state index < -0.39 is 0 Å². The summed E-state index contributed by atoms with van der Waals surface area (Å²) in [5.41, 5.74) is 6.33. The van der Waals surface area contributed by atoms with Gasteiger partial charge in [-0.3, -0.25) is 0 Å². The second kappa shape index (κ2) is 6.60. The average Bonchev–Trinajstić information content (AvgIpc) is 2.87. The fraction of sp³-hybridized carbons (Fsp3) is 0.100. The van der Waals surface area contributed by atoms with Gasteiger partial charge in [0.2, 0.25) is 0 Å². The zero-order chi connectivity index (χ0) is 13.8. The molecule has 0 saturated heterocycles. The Morgan fingerprint density at radius 3 is 2.79 bits per heavy atom. The zero-order valence-electron chi connectivity index (χ0n) is 9.70. The molecule has 0 amide bonds. The standard InChI is InChI=1S/C10H9BrN4OS3/c1-17-9-13-14-10(19-9)18-7-3-2-5(11)4-6(7)8(12)15-16/h2-4,16H,1H3,(H2,12,15). The molecular weight excluding hydrogens is 368 g/mol. The van der Waals surface area contributed by atoms with Crippen molar-refractivity contribution in [2.75, 3.05) is 6.26 Å². The van der Waals surface area contributed by atoms with Crippen molar-refractivity contribution in [1.29, 1.82) is 0 Å². The molecule has 0 aliphatic rings. The number of thioether (sulfide) groups is 1. The van der Waals surface area contributed by atoms with Gasteiger partial charge in [-0.2, -0.15) is 0 Å². The van der Waals surface area contributed by atoms with E-state index in [0.29, 0.717) is 5.56 Å². The Hall–Kier alpha value is -0.770. The Balaban J connectivity index is 2.34. The van der Waals surface area contributed by atoms with Crippen molar-refractivity contribution in [3.8, 4) is 0 Å². The van der Waals surface area contributed by atoms with E-state index in [-0.39, 0.29) is 5.84 Å². The monoisotopic (exact) mass is 376 g/mol. The topological polar surface area (TPSA) is 84.4 Å². The van der Waals surface area contributed by atoms with Gasteiger partial charge in [-0.1, -0.05) is 55.9 Å². The Bertz CT molecular complexity index is 617. The van der Waals surface area contributed by atoms with Gasteiger partial charge >= 0.3 is 0 Å². The number of benzene rings is 1. The second-order valence-electron chi connectivity index (χ2n) is 3.27. The predicted molar refractivity (Wildman–Crippen MR) is 82.5 cm³/mol. The number of rotatable bonds is 4. The predicted octanol–water partition coefficient (Wildman–Crippen LogP) is 3.27. The number of hydrogen-bond acceptors (Lipinski definition) is 7. The molecule has 0 spiro atoms. The maximum absolute atomic E-state index is 8.82. The van der Waals surface area contributed by atoms with Crippen molar-refractivity contribution in [3.63, 3.8) is 0 Å². The van der Waals surface area contributed by atoms with Gasteiger partial charge in [0.1, 0.15) is 0 Å². The molecule has 0 aliphatic carbocycles. The largest absolute Gasteiger partial charge is 0.409 e. The number of oxime groups is 1. The van der Waals surface area contributed by atoms with Gasteiger partial charge in [-0.25, -0.2) is 0 Å². The fourth-order valence-corrected chi connectivity index (χ4v) is 4.14. The van der Waals surface area contributed by atoms with Gasteiger partial charge in [0, 0.05) is 14.9 Å². The SMILES string of the molecule is CSc1nnc(Sc2ccc(Br)cc2/C(N)=N/O)s1. The quantitative estimate of drug-likeness (QED) is 0.280. The summed E-state index contributed by atoms with van der Waals surface area (Å²) in [6, 6.07) is 5.59. The third-order valence-electron chi connectivity index (χ3n) is 2.09. The number of nitrogens with zero attached hydrogens (tertiary/aromatic N) is 3. The van der Waals surface area contributed by atoms with Gasteiger partial charge in [0.05, 0.1) is 0 Å². The van der Waals surface area contributed by atoms with E-state index in [4.69, 9.17) is 10.9 Å². The van der Waals surface area contributed by atoms with Crippen LogP contribution in [0.5, 0.6) is 0 Å². The number of halogens is 1. The molecule has 0 radical (unpaired) electrons. The van der Waals surface area contributed by atoms with E-state index >= 15 is 0 Å². The molecule has 1 aromatic heterocycles. The third kappa shape index (κ3) is 3.62. The smallest absolute Gasteiger partial charge is 0.179 e. The fourth-order valence-electron chi connectivity index (χ4n) is 1.26. The van der Waals surface area contributed by atoms with Gasteiger partial charge < -0.3 is 10.9 Å². The second-order valence-corrected chi connectivity index (χ2v) is 7.50. The molecule has 9 heteroatoms. The van der Waals surface area contributed by atoms with E-state index in [9.17, 15) is 0 Å². The summed E-state index contributed by atoms with van der Waals surface area (Å²) in [7, 11) is 0. The molecule has 2 aromatic rings. The van der Waals surface area contributed by atoms with Crippen molar-refractivity contribution >= 4 is 56.6 Å². The van der Waals surface area contributed by atoms with E-state index in [1.54, 1.807) is 17.8 Å². The van der Waals surface area contributed by atoms with Crippen LogP contribution >= 0.6 is 50.8 Å². The highest BCUT2D eigenvalue weighted by molar-refractivity contribution is 9.10. The first-order valence-electron chi connectivity index (χ1n) is 4.97. The molecule has 0 unspecified atom stereocenters. The molecule has 0 aliphatic heterocycles. The van der Waals surface area contributed by atoms with Crippen molar-refractivity contribution < 1.29 is 5.21 Å². The lowest BCUT2D eigenvalue weighted by molar-refractivity contribution is 0.318. The summed E-state index contributed by atoms with van der Waals surface area (Å²) in [5, 5.41) is 20.0. The Morgan fingerprint density at radius 1 is 1.42 bits per heavy atom. The molecule has 0 saturated carbocycles. The number of aromatic nitrogens is 2. The highest BCUT2D eigenvalue weighted by Gasteiger charge is 2.12. The van der Waals surface area contributed by atoms with Crippen LogP contribution in [-0.4, -0.2) is 27.5 Å². The lowest BCUT2D eigenvalue weighted by Crippen LogP contribution is -2.14. The lowest BCUT2D eigenvalue weighted by Gasteiger charge is -2.06. The van der Waals surface area contributed by atoms with Crippen LogP contribution < -0.4 is 5.73 Å². The minimum atomic E-state index is 0.0680. The van der Waals surface area contributed by atoms with Crippen LogP contribution in [0.15, 0.2) is 41.4 Å². The molecule has 5 nitrogen and oxygen atoms in total. The molecule has 3 N–H and O–H groups in total. The molecule has 1 aromatic carbocycles. The molecule has 0 fully saturated rings. The van der Waals surface area contributed by atoms with Crippen molar-refractivity contribution in [3.05, 3.63) is 28.2 Å². The van der Waals surface area contributed by atoms with Crippen LogP contribution in [-0.2, 0) is 0 Å². The van der Waals surface area contributed by atoms with Crippen LogP contribution in [0.4, 0.5) is 0 Å². The first kappa shape index (κ1) is 14.6. The van der Waals surface area contributed by atoms with Crippen molar-refractivity contribution in [1.82, 2.24) is 10.2 Å². The summed E-state index contributed by atoms with van der Waals surface area (Å²) in [5.74, 6) is 0.0680.